The number of thioether (sulfide) groups is 1. The fraction of sp³-hybridized carbons (Fsp3) is 0.436. The molecule has 0 spiro atoms. The molecule has 2 aliphatic heterocycles. The van der Waals surface area contributed by atoms with Crippen molar-refractivity contribution < 1.29 is 13.2 Å². The molecule has 0 aliphatic carbocycles. The van der Waals surface area contributed by atoms with Crippen molar-refractivity contribution in [3.05, 3.63) is 83.6 Å². The number of aliphatic imine (C=N–C) groups is 1. The SMILES string of the molecule is CN=C(NC1CC(C)Nc2cccc(n2)-c2cc(F)cc3nc(C)n(c23)CCCN(C)C1)c1cnn(-c2ccc(F)cc2F)c1N(C)N1CC(CSC)C1. The standard InChI is InChI=1S/C39H48F3N11S/c1-24-15-29(22-49(4)13-8-14-52-25(2)46-34-18-28(41)16-30(37(34)52)33-9-7-10-36(45-24)48-33)47-38(43-3)31-19-44-53(35-12-11-27(40)17-32(35)42)39(31)50(5)51-20-26(21-51)23-54-6/h7,9-12,16-19,24,26,29H,8,13-15,20-23H2,1-6H3,(H,43,47)(H,45,48). The Labute approximate surface area is 318 Å². The number of benzene rings is 2. The van der Waals surface area contributed by atoms with Crippen LogP contribution in [0.15, 0.2) is 59.7 Å². The highest BCUT2D eigenvalue weighted by Crippen LogP contribution is 2.33. The number of likely N-dealkylation sites (N-methyl/N-ethyl adjacent to an activating group) is 1. The fourth-order valence-electron chi connectivity index (χ4n) is 7.74. The van der Waals surface area contributed by atoms with E-state index in [9.17, 15) is 8.78 Å². The largest absolute Gasteiger partial charge is 0.368 e. The van der Waals surface area contributed by atoms with Gasteiger partial charge >= 0.3 is 0 Å². The molecule has 2 bridgehead atoms. The van der Waals surface area contributed by atoms with Gasteiger partial charge < -0.3 is 20.1 Å². The van der Waals surface area contributed by atoms with Crippen LogP contribution in [0.4, 0.5) is 24.8 Å². The van der Waals surface area contributed by atoms with E-state index in [1.165, 1.54) is 22.9 Å². The number of hydrazine groups is 1. The molecule has 2 aromatic carbocycles. The molecule has 54 heavy (non-hydrogen) atoms. The normalized spacial score (nSPS) is 19.2. The van der Waals surface area contributed by atoms with Crippen molar-refractivity contribution in [2.45, 2.75) is 45.3 Å². The summed E-state index contributed by atoms with van der Waals surface area (Å²) < 4.78 is 47.9. The smallest absolute Gasteiger partial charge is 0.157 e. The molecule has 1 saturated heterocycles. The van der Waals surface area contributed by atoms with E-state index in [2.05, 4.69) is 50.4 Å². The van der Waals surface area contributed by atoms with Gasteiger partial charge in [0.1, 0.15) is 34.8 Å². The minimum atomic E-state index is -0.702. The maximum Gasteiger partial charge on any atom is 0.157 e. The first-order valence-electron chi connectivity index (χ1n) is 18.4. The van der Waals surface area contributed by atoms with Gasteiger partial charge in [0, 0.05) is 70.1 Å². The number of imidazole rings is 1. The zero-order valence-corrected chi connectivity index (χ0v) is 32.5. The van der Waals surface area contributed by atoms with Gasteiger partial charge in [-0.1, -0.05) is 6.07 Å². The first-order valence-corrected chi connectivity index (χ1v) is 19.8. The highest BCUT2D eigenvalue weighted by molar-refractivity contribution is 7.98. The maximum absolute atomic E-state index is 15.3. The van der Waals surface area contributed by atoms with Crippen LogP contribution in [0, 0.1) is 30.3 Å². The topological polar surface area (TPSA) is 94.7 Å². The maximum atomic E-state index is 15.3. The number of rotatable bonds is 7. The highest BCUT2D eigenvalue weighted by Gasteiger charge is 2.34. The average molecular weight is 760 g/mol. The van der Waals surface area contributed by atoms with Crippen molar-refractivity contribution in [1.29, 1.82) is 0 Å². The molecule has 2 N–H and O–H groups in total. The minimum absolute atomic E-state index is 0.0187. The van der Waals surface area contributed by atoms with E-state index >= 15 is 4.39 Å². The number of aryl methyl sites for hydroxylation is 2. The lowest BCUT2D eigenvalue weighted by atomic mass is 10.1. The van der Waals surface area contributed by atoms with Crippen LogP contribution in [0.5, 0.6) is 0 Å². The molecular weight excluding hydrogens is 712 g/mol. The lowest BCUT2D eigenvalue weighted by Crippen LogP contribution is -2.56. The second kappa shape index (κ2) is 16.0. The van der Waals surface area contributed by atoms with Gasteiger partial charge in [-0.15, -0.1) is 0 Å². The van der Waals surface area contributed by atoms with Gasteiger partial charge in [-0.05, 0) is 88.5 Å². The molecule has 2 atom stereocenters. The quantitative estimate of drug-likeness (QED) is 0.148. The Morgan fingerprint density at radius 3 is 2.63 bits per heavy atom. The van der Waals surface area contributed by atoms with E-state index in [1.807, 2.05) is 48.9 Å². The number of aromatic nitrogens is 5. The van der Waals surface area contributed by atoms with Crippen molar-refractivity contribution in [3.63, 3.8) is 0 Å². The lowest BCUT2D eigenvalue weighted by Gasteiger charge is -2.45. The first kappa shape index (κ1) is 37.7. The minimum Gasteiger partial charge on any atom is -0.368 e. The molecule has 5 heterocycles. The van der Waals surface area contributed by atoms with Crippen LogP contribution in [-0.2, 0) is 6.54 Å². The van der Waals surface area contributed by atoms with Gasteiger partial charge in [-0.2, -0.15) is 16.9 Å². The number of amidine groups is 1. The molecule has 2 aliphatic rings. The molecule has 0 amide bonds. The number of hydrogen-bond acceptors (Lipinski definition) is 9. The number of hydrogen-bond donors (Lipinski definition) is 2. The molecule has 11 nitrogen and oxygen atoms in total. The molecule has 3 aromatic heterocycles. The van der Waals surface area contributed by atoms with Crippen LogP contribution >= 0.6 is 11.8 Å². The van der Waals surface area contributed by atoms with Gasteiger partial charge in [-0.3, -0.25) is 10.0 Å². The second-order valence-corrected chi connectivity index (χ2v) is 15.4. The second-order valence-electron chi connectivity index (χ2n) is 14.5. The number of anilines is 2. The Kier molecular flexibility index (Phi) is 11.2. The van der Waals surface area contributed by atoms with Crippen molar-refractivity contribution >= 4 is 40.3 Å². The van der Waals surface area contributed by atoms with Crippen LogP contribution in [0.3, 0.4) is 0 Å². The molecule has 5 aromatic rings. The van der Waals surface area contributed by atoms with Gasteiger partial charge in [-0.25, -0.2) is 32.8 Å². The van der Waals surface area contributed by atoms with Gasteiger partial charge in [0.2, 0.25) is 0 Å². The number of nitrogens with zero attached hydrogens (tertiary/aromatic N) is 9. The van der Waals surface area contributed by atoms with E-state index in [0.29, 0.717) is 65.2 Å². The van der Waals surface area contributed by atoms with Crippen molar-refractivity contribution in [3.8, 4) is 16.9 Å². The van der Waals surface area contributed by atoms with Crippen LogP contribution in [0.2, 0.25) is 0 Å². The summed E-state index contributed by atoms with van der Waals surface area (Å²) in [5, 5.41) is 16.2. The number of halogens is 3. The zero-order chi connectivity index (χ0) is 38.1. The van der Waals surface area contributed by atoms with Crippen LogP contribution in [-0.4, -0.2) is 111 Å². The predicted molar refractivity (Wildman–Crippen MR) is 212 cm³/mol. The zero-order valence-electron chi connectivity index (χ0n) is 31.7. The van der Waals surface area contributed by atoms with Crippen LogP contribution in [0.25, 0.3) is 28.0 Å². The third kappa shape index (κ3) is 7.80. The molecule has 1 fully saturated rings. The molecule has 0 saturated carbocycles. The van der Waals surface area contributed by atoms with Crippen molar-refractivity contribution in [2.24, 2.45) is 10.9 Å². The number of pyridine rings is 1. The lowest BCUT2D eigenvalue weighted by molar-refractivity contribution is 0.107. The molecule has 2 unspecified atom stereocenters. The highest BCUT2D eigenvalue weighted by atomic mass is 32.2. The Balaban J connectivity index is 1.20. The Morgan fingerprint density at radius 1 is 1.06 bits per heavy atom. The summed E-state index contributed by atoms with van der Waals surface area (Å²) in [6.45, 7) is 8.01. The average Bonchev–Trinajstić information content (AvgIpc) is 3.68. The fourth-order valence-corrected chi connectivity index (χ4v) is 8.42. The van der Waals surface area contributed by atoms with Crippen molar-refractivity contribution in [1.82, 2.24) is 39.5 Å². The molecular formula is C39H48F3N11S. The summed E-state index contributed by atoms with van der Waals surface area (Å²) in [6, 6.07) is 12.3. The summed E-state index contributed by atoms with van der Waals surface area (Å²) >= 11 is 1.83. The Bertz CT molecular complexity index is 2140. The first-order chi connectivity index (χ1) is 26.0. The third-order valence-electron chi connectivity index (χ3n) is 10.3. The molecule has 286 valence electrons. The van der Waals surface area contributed by atoms with E-state index in [1.54, 1.807) is 19.3 Å². The van der Waals surface area contributed by atoms with Crippen molar-refractivity contribution in [2.75, 3.05) is 69.7 Å². The van der Waals surface area contributed by atoms with E-state index < -0.39 is 11.6 Å². The summed E-state index contributed by atoms with van der Waals surface area (Å²) in [6.07, 6.45) is 5.36. The molecule has 15 heteroatoms. The van der Waals surface area contributed by atoms with Gasteiger partial charge in [0.15, 0.2) is 11.6 Å². The Hall–Kier alpha value is -4.60. The molecule has 7 rings (SSSR count). The summed E-state index contributed by atoms with van der Waals surface area (Å²) in [5.41, 5.74) is 3.75. The number of nitrogens with one attached hydrogen (secondary N) is 2. The van der Waals surface area contributed by atoms with Crippen LogP contribution < -0.4 is 15.6 Å². The van der Waals surface area contributed by atoms with E-state index in [-0.39, 0.29) is 23.6 Å². The summed E-state index contributed by atoms with van der Waals surface area (Å²) in [5.74, 6) is 2.68. The summed E-state index contributed by atoms with van der Waals surface area (Å²) in [4.78, 5) is 16.7. The van der Waals surface area contributed by atoms with Gasteiger partial charge in [0.25, 0.3) is 0 Å². The number of fused-ring (bicyclic) bond motifs is 3. The predicted octanol–water partition coefficient (Wildman–Crippen LogP) is 6.22. The molecule has 0 radical (unpaired) electrons. The monoisotopic (exact) mass is 759 g/mol. The van der Waals surface area contributed by atoms with Crippen LogP contribution in [0.1, 0.15) is 31.2 Å². The Morgan fingerprint density at radius 2 is 1.87 bits per heavy atom. The van der Waals surface area contributed by atoms with E-state index in [4.69, 9.17) is 15.0 Å². The van der Waals surface area contributed by atoms with Gasteiger partial charge in [0.05, 0.1) is 28.5 Å². The summed E-state index contributed by atoms with van der Waals surface area (Å²) in [7, 11) is 5.80. The third-order valence-corrected chi connectivity index (χ3v) is 11.1. The van der Waals surface area contributed by atoms with E-state index in [0.717, 1.165) is 49.2 Å².